The summed E-state index contributed by atoms with van der Waals surface area (Å²) in [7, 11) is -2.14. The average molecular weight is 505 g/mol. The van der Waals surface area contributed by atoms with Gasteiger partial charge in [0.2, 0.25) is 0 Å². The minimum absolute atomic E-state index is 0.00784. The number of phenolic OH excluding ortho intramolecular Hbond substituents is 1. The first-order valence-electron chi connectivity index (χ1n) is 12.5. The van der Waals surface area contributed by atoms with Crippen LogP contribution in [0.1, 0.15) is 60.2 Å². The third kappa shape index (κ3) is 3.44. The van der Waals surface area contributed by atoms with Gasteiger partial charge < -0.3 is 14.9 Å². The molecule has 3 aliphatic rings. The summed E-state index contributed by atoms with van der Waals surface area (Å²) in [6.07, 6.45) is 0.625. The zero-order chi connectivity index (χ0) is 26.0. The molecule has 0 heterocycles. The van der Waals surface area contributed by atoms with E-state index < -0.39 is 37.4 Å². The van der Waals surface area contributed by atoms with Gasteiger partial charge in [-0.3, -0.25) is 14.4 Å². The Morgan fingerprint density at radius 2 is 1.75 bits per heavy atom. The molecular formula is C29H32O6Si. The molecule has 0 saturated heterocycles. The van der Waals surface area contributed by atoms with Crippen molar-refractivity contribution in [3.8, 4) is 5.75 Å². The van der Waals surface area contributed by atoms with Gasteiger partial charge in [0.25, 0.3) is 0 Å². The fourth-order valence-corrected chi connectivity index (χ4v) is 10.0. The summed E-state index contributed by atoms with van der Waals surface area (Å²) in [4.78, 5) is 39.4. The molecule has 3 aliphatic carbocycles. The third-order valence-corrected chi connectivity index (χ3v) is 14.4. The normalized spacial score (nSPS) is 29.8. The topological polar surface area (TPSA) is 101 Å². The van der Waals surface area contributed by atoms with Crippen molar-refractivity contribution in [1.82, 2.24) is 0 Å². The molecule has 0 bridgehead atoms. The van der Waals surface area contributed by atoms with Gasteiger partial charge in [0.05, 0.1) is 13.6 Å². The van der Waals surface area contributed by atoms with Gasteiger partial charge in [-0.25, -0.2) is 0 Å². The molecule has 2 N–H and O–H groups in total. The van der Waals surface area contributed by atoms with Gasteiger partial charge in [-0.1, -0.05) is 67.7 Å². The highest BCUT2D eigenvalue weighted by Gasteiger charge is 2.62. The molecule has 188 valence electrons. The first kappa shape index (κ1) is 24.7. The Bertz CT molecular complexity index is 1310. The molecule has 1 fully saturated rings. The third-order valence-electron chi connectivity index (χ3n) is 9.23. The summed E-state index contributed by atoms with van der Waals surface area (Å²) in [5, 5.41) is 23.8. The van der Waals surface area contributed by atoms with Gasteiger partial charge in [0.15, 0.2) is 11.6 Å². The van der Waals surface area contributed by atoms with Gasteiger partial charge in [-0.2, -0.15) is 0 Å². The molecule has 0 aromatic heterocycles. The lowest BCUT2D eigenvalue weighted by atomic mass is 9.58. The minimum Gasteiger partial charge on any atom is -0.507 e. The summed E-state index contributed by atoms with van der Waals surface area (Å²) >= 11 is 0. The Balaban J connectivity index is 1.63. The number of ketones is 2. The Hall–Kier alpha value is -3.03. The predicted molar refractivity (Wildman–Crippen MR) is 138 cm³/mol. The smallest absolute Gasteiger partial charge is 0.303 e. The van der Waals surface area contributed by atoms with Crippen molar-refractivity contribution < 1.29 is 29.3 Å². The van der Waals surface area contributed by atoms with E-state index in [2.05, 4.69) is 32.2 Å². The van der Waals surface area contributed by atoms with Crippen LogP contribution in [0.25, 0.3) is 0 Å². The van der Waals surface area contributed by atoms with Crippen molar-refractivity contribution in [2.75, 3.05) is 0 Å². The molecule has 2 aromatic carbocycles. The fourth-order valence-electron chi connectivity index (χ4n) is 6.82. The van der Waals surface area contributed by atoms with Crippen LogP contribution in [0.15, 0.2) is 59.7 Å². The summed E-state index contributed by atoms with van der Waals surface area (Å²) in [6, 6.07) is 14.8. The molecule has 0 spiro atoms. The molecule has 4 atom stereocenters. The highest BCUT2D eigenvalue weighted by Crippen LogP contribution is 2.60. The quantitative estimate of drug-likeness (QED) is 0.477. The van der Waals surface area contributed by atoms with Crippen LogP contribution in [-0.4, -0.2) is 47.5 Å². The maximum absolute atomic E-state index is 13.7. The van der Waals surface area contributed by atoms with Gasteiger partial charge in [-0.15, -0.1) is 0 Å². The molecule has 5 rings (SSSR count). The van der Waals surface area contributed by atoms with E-state index in [-0.39, 0.29) is 39.7 Å². The van der Waals surface area contributed by atoms with E-state index in [4.69, 9.17) is 4.74 Å². The van der Waals surface area contributed by atoms with Gasteiger partial charge >= 0.3 is 5.97 Å². The summed E-state index contributed by atoms with van der Waals surface area (Å²) in [6.45, 7) is 8.10. The Kier molecular flexibility index (Phi) is 5.65. The minimum atomic E-state index is -2.14. The molecule has 7 heteroatoms. The number of fused-ring (bicyclic) bond motifs is 3. The maximum atomic E-state index is 13.7. The SMILES string of the molecule is CC(=O)O[C@H]1CC2=C(C(=O)c3cccc(O)c3C2=O)[C@@H]2CC[C@](C)([Si](C)(C)c3ccccc3)C[C@]12O. The number of aliphatic hydroxyl groups is 1. The van der Waals surface area contributed by atoms with E-state index in [1.807, 2.05) is 18.2 Å². The predicted octanol–water partition coefficient (Wildman–Crippen LogP) is 4.31. The van der Waals surface area contributed by atoms with Crippen LogP contribution in [0.4, 0.5) is 0 Å². The number of benzene rings is 2. The molecule has 0 radical (unpaired) electrons. The van der Waals surface area contributed by atoms with Crippen LogP contribution < -0.4 is 5.19 Å². The molecule has 0 aliphatic heterocycles. The first-order valence-corrected chi connectivity index (χ1v) is 15.5. The van der Waals surface area contributed by atoms with Gasteiger partial charge in [0.1, 0.15) is 17.5 Å². The van der Waals surface area contributed by atoms with E-state index in [0.717, 1.165) is 6.42 Å². The Morgan fingerprint density at radius 1 is 1.06 bits per heavy atom. The Labute approximate surface area is 212 Å². The van der Waals surface area contributed by atoms with Crippen molar-refractivity contribution in [3.63, 3.8) is 0 Å². The highest BCUT2D eigenvalue weighted by atomic mass is 28.3. The Morgan fingerprint density at radius 3 is 2.42 bits per heavy atom. The lowest BCUT2D eigenvalue weighted by molar-refractivity contribution is -0.179. The van der Waals surface area contributed by atoms with E-state index in [1.165, 1.54) is 18.2 Å². The number of hydrogen-bond acceptors (Lipinski definition) is 6. The van der Waals surface area contributed by atoms with Crippen LogP contribution in [0.2, 0.25) is 18.1 Å². The maximum Gasteiger partial charge on any atom is 0.303 e. The first-order chi connectivity index (χ1) is 16.9. The second-order valence-electron chi connectivity index (χ2n) is 11.4. The fraction of sp³-hybridized carbons (Fsp3) is 0.414. The van der Waals surface area contributed by atoms with Crippen molar-refractivity contribution >= 4 is 30.8 Å². The van der Waals surface area contributed by atoms with Crippen LogP contribution in [-0.2, 0) is 9.53 Å². The molecule has 0 unspecified atom stereocenters. The standard InChI is InChI=1S/C29H32O6Si/c1-17(30)35-23-15-20-24(26(32)19-11-8-12-22(31)25(19)27(20)33)21-13-14-28(2,16-29(21,23)34)36(3,4)18-9-6-5-7-10-18/h5-12,21,23,31,34H,13-16H2,1-4H3/t21-,23-,28-,29+/m0/s1. The van der Waals surface area contributed by atoms with Gasteiger partial charge in [0, 0.05) is 36.0 Å². The molecule has 36 heavy (non-hydrogen) atoms. The summed E-state index contributed by atoms with van der Waals surface area (Å²) in [5.74, 6) is -2.17. The number of carbonyl (C=O) groups excluding carboxylic acids is 3. The monoisotopic (exact) mass is 504 g/mol. The van der Waals surface area contributed by atoms with E-state index in [9.17, 15) is 24.6 Å². The van der Waals surface area contributed by atoms with E-state index in [0.29, 0.717) is 18.4 Å². The number of carbonyl (C=O) groups is 3. The number of esters is 1. The number of rotatable bonds is 3. The largest absolute Gasteiger partial charge is 0.507 e. The van der Waals surface area contributed by atoms with Crippen molar-refractivity contribution in [2.24, 2.45) is 5.92 Å². The van der Waals surface area contributed by atoms with Crippen LogP contribution in [0.5, 0.6) is 5.75 Å². The molecule has 2 aromatic rings. The summed E-state index contributed by atoms with van der Waals surface area (Å²) < 4.78 is 5.69. The number of hydrogen-bond donors (Lipinski definition) is 2. The summed E-state index contributed by atoms with van der Waals surface area (Å²) in [5.41, 5.74) is -0.755. The average Bonchev–Trinajstić information content (AvgIpc) is 2.82. The van der Waals surface area contributed by atoms with E-state index >= 15 is 0 Å². The van der Waals surface area contributed by atoms with Crippen LogP contribution in [0.3, 0.4) is 0 Å². The number of Topliss-reactive ketones (excluding diaryl/α,β-unsaturated/α-hetero) is 2. The van der Waals surface area contributed by atoms with Crippen molar-refractivity contribution in [1.29, 1.82) is 0 Å². The van der Waals surface area contributed by atoms with Crippen molar-refractivity contribution in [3.05, 3.63) is 70.8 Å². The van der Waals surface area contributed by atoms with Crippen molar-refractivity contribution in [2.45, 2.75) is 69.4 Å². The van der Waals surface area contributed by atoms with Crippen LogP contribution in [0, 0.1) is 5.92 Å². The lowest BCUT2D eigenvalue weighted by Crippen LogP contribution is -2.64. The van der Waals surface area contributed by atoms with Gasteiger partial charge in [-0.05, 0) is 30.4 Å². The number of phenols is 1. The highest BCUT2D eigenvalue weighted by molar-refractivity contribution is 6.92. The molecular weight excluding hydrogens is 472 g/mol. The molecule has 1 saturated carbocycles. The number of ether oxygens (including phenoxy) is 1. The molecule has 0 amide bonds. The number of aromatic hydroxyl groups is 1. The lowest BCUT2D eigenvalue weighted by Gasteiger charge is -2.58. The van der Waals surface area contributed by atoms with Crippen LogP contribution >= 0.6 is 0 Å². The van der Waals surface area contributed by atoms with E-state index in [1.54, 1.807) is 12.1 Å². The zero-order valence-electron chi connectivity index (χ0n) is 21.1. The second-order valence-corrected chi connectivity index (χ2v) is 16.4. The molecule has 6 nitrogen and oxygen atoms in total. The second kappa shape index (κ2) is 8.25. The zero-order valence-corrected chi connectivity index (χ0v) is 22.1.